The molecule has 2 N–H and O–H groups in total. The number of fused-ring (bicyclic) bond motifs is 1. The summed E-state index contributed by atoms with van der Waals surface area (Å²) in [6.07, 6.45) is 3.29. The smallest absolute Gasteiger partial charge is 0.322 e. The van der Waals surface area contributed by atoms with Gasteiger partial charge >= 0.3 is 6.03 Å². The van der Waals surface area contributed by atoms with E-state index < -0.39 is 27.7 Å². The highest BCUT2D eigenvalue weighted by atomic mass is 32.2. The largest absolute Gasteiger partial charge is 0.347 e. The van der Waals surface area contributed by atoms with Crippen LogP contribution in [0.5, 0.6) is 0 Å². The van der Waals surface area contributed by atoms with E-state index in [4.69, 9.17) is 0 Å². The lowest BCUT2D eigenvalue weighted by molar-refractivity contribution is 0.0644. The van der Waals surface area contributed by atoms with Gasteiger partial charge in [0, 0.05) is 43.3 Å². The second-order valence-electron chi connectivity index (χ2n) is 6.89. The fourth-order valence-corrected chi connectivity index (χ4v) is 5.84. The molecule has 10 heteroatoms. The number of urea groups is 1. The molecular weight excluding hydrogens is 373 g/mol. The summed E-state index contributed by atoms with van der Waals surface area (Å²) < 4.78 is 37.9. The molecule has 0 radical (unpaired) electrons. The summed E-state index contributed by atoms with van der Waals surface area (Å²) in [5, 5.41) is 2.67. The number of sulfone groups is 1. The van der Waals surface area contributed by atoms with Crippen molar-refractivity contribution in [2.24, 2.45) is 0 Å². The monoisotopic (exact) mass is 393 g/mol. The minimum atomic E-state index is -3.24. The van der Waals surface area contributed by atoms with E-state index in [0.717, 1.165) is 5.69 Å². The van der Waals surface area contributed by atoms with Gasteiger partial charge < -0.3 is 15.2 Å². The van der Waals surface area contributed by atoms with E-state index in [-0.39, 0.29) is 17.5 Å². The molecule has 0 unspecified atom stereocenters. The number of hydrogen-bond donors (Lipinski definition) is 2. The summed E-state index contributed by atoms with van der Waals surface area (Å²) in [6.45, 7) is 1.49. The lowest BCUT2D eigenvalue weighted by Crippen LogP contribution is -2.61. The average Bonchev–Trinajstić information content (AvgIpc) is 3.21. The number of aromatic nitrogens is 2. The number of nitrogens with one attached hydrogen (secondary N) is 2. The Labute approximate surface area is 156 Å². The molecule has 2 fully saturated rings. The zero-order chi connectivity index (χ0) is 19.0. The first-order valence-electron chi connectivity index (χ1n) is 8.66. The van der Waals surface area contributed by atoms with E-state index in [1.54, 1.807) is 23.5 Å². The first-order valence-corrected chi connectivity index (χ1v) is 10.5. The summed E-state index contributed by atoms with van der Waals surface area (Å²) >= 11 is 0. The van der Waals surface area contributed by atoms with E-state index >= 15 is 0 Å². The molecule has 0 bridgehead atoms. The van der Waals surface area contributed by atoms with Crippen LogP contribution in [0, 0.1) is 5.82 Å². The number of H-pyrrole nitrogens is 1. The maximum absolute atomic E-state index is 13.3. The van der Waals surface area contributed by atoms with Crippen LogP contribution in [0.25, 0.3) is 0 Å². The molecule has 2 saturated heterocycles. The number of rotatable bonds is 3. The van der Waals surface area contributed by atoms with Gasteiger partial charge in [-0.3, -0.25) is 4.90 Å². The Bertz CT molecular complexity index is 934. The number of imidazole rings is 1. The van der Waals surface area contributed by atoms with Crippen LogP contribution in [0.15, 0.2) is 36.8 Å². The number of anilines is 1. The summed E-state index contributed by atoms with van der Waals surface area (Å²) in [4.78, 5) is 23.4. The minimum Gasteiger partial charge on any atom is -0.347 e. The standard InChI is InChI=1S/C17H20FN5O3S/c18-12-2-1-3-13(6-12)21-17(24)23-5-4-22(8-14-7-19-11-20-14)15-9-27(25,26)10-16(15)23/h1-3,6-7,11,15-16H,4-5,8-10H2,(H,19,20)(H,21,24)/t15-,16+/m1/s1. The second-order valence-corrected chi connectivity index (χ2v) is 9.05. The van der Waals surface area contributed by atoms with Crippen LogP contribution in [0.4, 0.5) is 14.9 Å². The third kappa shape index (κ3) is 3.81. The van der Waals surface area contributed by atoms with Crippen molar-refractivity contribution < 1.29 is 17.6 Å². The van der Waals surface area contributed by atoms with Crippen LogP contribution in [-0.4, -0.2) is 70.9 Å². The van der Waals surface area contributed by atoms with Gasteiger partial charge in [-0.05, 0) is 18.2 Å². The highest BCUT2D eigenvalue weighted by Crippen LogP contribution is 2.28. The number of nitrogens with zero attached hydrogens (tertiary/aromatic N) is 3. The molecule has 1 aromatic heterocycles. The molecule has 2 aliphatic rings. The van der Waals surface area contributed by atoms with Crippen molar-refractivity contribution in [1.82, 2.24) is 19.8 Å². The number of carbonyl (C=O) groups is 1. The molecule has 1 aromatic carbocycles. The van der Waals surface area contributed by atoms with E-state index in [1.807, 2.05) is 0 Å². The van der Waals surface area contributed by atoms with Crippen molar-refractivity contribution in [3.05, 3.63) is 48.3 Å². The van der Waals surface area contributed by atoms with Gasteiger partial charge in [0.2, 0.25) is 0 Å². The molecule has 2 aromatic rings. The number of hydrogen-bond acceptors (Lipinski definition) is 5. The minimum absolute atomic E-state index is 0.0234. The highest BCUT2D eigenvalue weighted by molar-refractivity contribution is 7.91. The van der Waals surface area contributed by atoms with Gasteiger partial charge in [-0.25, -0.2) is 22.6 Å². The second kappa shape index (κ2) is 6.93. The third-order valence-electron chi connectivity index (χ3n) is 5.06. The molecule has 4 rings (SSSR count). The van der Waals surface area contributed by atoms with Crippen LogP contribution in [-0.2, 0) is 16.4 Å². The van der Waals surface area contributed by atoms with E-state index in [0.29, 0.717) is 25.3 Å². The normalized spacial score (nSPS) is 24.6. The number of benzene rings is 1. The molecule has 0 spiro atoms. The molecule has 144 valence electrons. The molecular formula is C17H20FN5O3S. The Kier molecular flexibility index (Phi) is 4.60. The first-order chi connectivity index (χ1) is 12.9. The van der Waals surface area contributed by atoms with Crippen LogP contribution in [0.2, 0.25) is 0 Å². The fraction of sp³-hybridized carbons (Fsp3) is 0.412. The summed E-state index contributed by atoms with van der Waals surface area (Å²) in [5.41, 5.74) is 1.24. The Morgan fingerprint density at radius 2 is 2.11 bits per heavy atom. The number of piperazine rings is 1. The van der Waals surface area contributed by atoms with Crippen LogP contribution in [0.3, 0.4) is 0 Å². The maximum atomic E-state index is 13.3. The van der Waals surface area contributed by atoms with Gasteiger partial charge in [0.1, 0.15) is 5.82 Å². The molecule has 8 nitrogen and oxygen atoms in total. The van der Waals surface area contributed by atoms with Crippen molar-refractivity contribution in [2.45, 2.75) is 18.6 Å². The molecule has 2 atom stereocenters. The Balaban J connectivity index is 1.52. The van der Waals surface area contributed by atoms with E-state index in [2.05, 4.69) is 20.2 Å². The highest BCUT2D eigenvalue weighted by Gasteiger charge is 2.48. The predicted octanol–water partition coefficient (Wildman–Crippen LogP) is 1.06. The van der Waals surface area contributed by atoms with Crippen molar-refractivity contribution in [3.8, 4) is 0 Å². The third-order valence-corrected chi connectivity index (χ3v) is 6.75. The topological polar surface area (TPSA) is 98.4 Å². The zero-order valence-corrected chi connectivity index (χ0v) is 15.3. The molecule has 0 aliphatic carbocycles. The van der Waals surface area contributed by atoms with Crippen molar-refractivity contribution >= 4 is 21.6 Å². The van der Waals surface area contributed by atoms with Crippen LogP contribution in [0.1, 0.15) is 5.69 Å². The SMILES string of the molecule is O=C(Nc1cccc(F)c1)N1CCN(Cc2cnc[nH]2)[C@@H]2CS(=O)(=O)C[C@@H]21. The number of carbonyl (C=O) groups excluding carboxylic acids is 1. The van der Waals surface area contributed by atoms with E-state index in [1.165, 1.54) is 18.2 Å². The average molecular weight is 393 g/mol. The molecule has 27 heavy (non-hydrogen) atoms. The van der Waals surface area contributed by atoms with Crippen LogP contribution < -0.4 is 5.32 Å². The lowest BCUT2D eigenvalue weighted by Gasteiger charge is -2.43. The number of amides is 2. The number of aromatic amines is 1. The maximum Gasteiger partial charge on any atom is 0.322 e. The fourth-order valence-electron chi connectivity index (χ4n) is 3.82. The van der Waals surface area contributed by atoms with E-state index in [9.17, 15) is 17.6 Å². The van der Waals surface area contributed by atoms with Crippen molar-refractivity contribution in [2.75, 3.05) is 29.9 Å². The molecule has 3 heterocycles. The Hall–Kier alpha value is -2.46. The first kappa shape index (κ1) is 17.9. The lowest BCUT2D eigenvalue weighted by atomic mass is 10.0. The Morgan fingerprint density at radius 1 is 1.30 bits per heavy atom. The van der Waals surface area contributed by atoms with Gasteiger partial charge in [-0.15, -0.1) is 0 Å². The van der Waals surface area contributed by atoms with Gasteiger partial charge in [0.15, 0.2) is 9.84 Å². The quantitative estimate of drug-likeness (QED) is 0.813. The molecule has 0 saturated carbocycles. The van der Waals surface area contributed by atoms with Gasteiger partial charge in [0.25, 0.3) is 0 Å². The van der Waals surface area contributed by atoms with Gasteiger partial charge in [0.05, 0.1) is 23.9 Å². The van der Waals surface area contributed by atoms with Gasteiger partial charge in [-0.1, -0.05) is 6.07 Å². The summed E-state index contributed by atoms with van der Waals surface area (Å²) in [5.74, 6) is -0.484. The summed E-state index contributed by atoms with van der Waals surface area (Å²) in [7, 11) is -3.24. The zero-order valence-electron chi connectivity index (χ0n) is 14.5. The van der Waals surface area contributed by atoms with Crippen molar-refractivity contribution in [3.63, 3.8) is 0 Å². The molecule has 2 amide bonds. The predicted molar refractivity (Wildman–Crippen MR) is 97.4 cm³/mol. The van der Waals surface area contributed by atoms with Crippen LogP contribution >= 0.6 is 0 Å². The van der Waals surface area contributed by atoms with Gasteiger partial charge in [-0.2, -0.15) is 0 Å². The number of halogens is 1. The molecule has 2 aliphatic heterocycles. The Morgan fingerprint density at radius 3 is 2.85 bits per heavy atom. The summed E-state index contributed by atoms with van der Waals surface area (Å²) in [6, 6.07) is 4.52. The van der Waals surface area contributed by atoms with Crippen molar-refractivity contribution in [1.29, 1.82) is 0 Å².